The summed E-state index contributed by atoms with van der Waals surface area (Å²) >= 11 is 0. The summed E-state index contributed by atoms with van der Waals surface area (Å²) in [5, 5.41) is 10.8. The molecule has 0 radical (unpaired) electrons. The number of benzene rings is 2. The molecule has 1 atom stereocenters. The number of hydrogen-bond donors (Lipinski definition) is 1. The van der Waals surface area contributed by atoms with Gasteiger partial charge in [0, 0.05) is 28.8 Å². The van der Waals surface area contributed by atoms with Gasteiger partial charge in [0.05, 0.1) is 16.5 Å². The van der Waals surface area contributed by atoms with E-state index < -0.39 is 10.8 Å². The van der Waals surface area contributed by atoms with Crippen molar-refractivity contribution in [1.82, 2.24) is 14.1 Å². The number of carbonyl (C=O) groups excluding carboxylic acids is 1. The van der Waals surface area contributed by atoms with E-state index in [-0.39, 0.29) is 11.7 Å². The molecule has 2 heterocycles. The van der Waals surface area contributed by atoms with Gasteiger partial charge in [-0.2, -0.15) is 0 Å². The van der Waals surface area contributed by atoms with Crippen LogP contribution in [0.3, 0.4) is 0 Å². The number of fused-ring (bicyclic) bond motifs is 4. The molecule has 8 heteroatoms. The summed E-state index contributed by atoms with van der Waals surface area (Å²) in [6, 6.07) is 9.34. The van der Waals surface area contributed by atoms with Crippen molar-refractivity contribution in [3.63, 3.8) is 0 Å². The second kappa shape index (κ2) is 7.92. The van der Waals surface area contributed by atoms with Gasteiger partial charge in [-0.15, -0.1) is 14.1 Å². The number of amides is 1. The van der Waals surface area contributed by atoms with Gasteiger partial charge in [-0.3, -0.25) is 9.00 Å². The summed E-state index contributed by atoms with van der Waals surface area (Å²) in [4.78, 5) is 16.8. The number of anilines is 1. The lowest BCUT2D eigenvalue weighted by atomic mass is 10.1. The molecule has 0 spiro atoms. The molecule has 1 N–H and O–H groups in total. The Morgan fingerprint density at radius 3 is 2.52 bits per heavy atom. The minimum atomic E-state index is -1.00. The fourth-order valence-corrected chi connectivity index (χ4v) is 5.09. The van der Waals surface area contributed by atoms with E-state index in [2.05, 4.69) is 13.5 Å². The molecule has 0 aliphatic heterocycles. The summed E-state index contributed by atoms with van der Waals surface area (Å²) in [6.07, 6.45) is 1.96. The van der Waals surface area contributed by atoms with E-state index in [0.717, 1.165) is 34.3 Å². The molecule has 0 saturated heterocycles. The molecule has 1 unspecified atom stereocenters. The largest absolute Gasteiger partial charge is 0.506 e. The molecular weight excluding hydrogens is 412 g/mol. The van der Waals surface area contributed by atoms with Crippen LogP contribution in [0, 0.1) is 6.92 Å². The summed E-state index contributed by atoms with van der Waals surface area (Å²) in [5.41, 5.74) is 4.60. The first-order chi connectivity index (χ1) is 14.8. The fourth-order valence-electron chi connectivity index (χ4n) is 3.84. The Morgan fingerprint density at radius 2 is 1.87 bits per heavy atom. The first-order valence-corrected chi connectivity index (χ1v) is 11.9. The molecule has 1 amide bonds. The molecule has 0 bridgehead atoms. The number of rotatable bonds is 8. The predicted octanol–water partition coefficient (Wildman–Crippen LogP) is 4.27. The lowest BCUT2D eigenvalue weighted by Gasteiger charge is -2.23. The monoisotopic (exact) mass is 440 g/mol. The van der Waals surface area contributed by atoms with Crippen LogP contribution in [0.5, 0.6) is 5.75 Å². The second-order valence-electron chi connectivity index (χ2n) is 7.88. The van der Waals surface area contributed by atoms with Gasteiger partial charge in [-0.25, -0.2) is 0 Å². The molecule has 0 aliphatic carbocycles. The molecule has 164 valence electrons. The van der Waals surface area contributed by atoms with Gasteiger partial charge in [0.15, 0.2) is 0 Å². The smallest absolute Gasteiger partial charge is 0.253 e. The van der Waals surface area contributed by atoms with Crippen LogP contribution in [0.4, 0.5) is 5.69 Å². The maximum atomic E-state index is 12.5. The Kier molecular flexibility index (Phi) is 5.43. The van der Waals surface area contributed by atoms with E-state index in [1.54, 1.807) is 17.9 Å². The second-order valence-corrected chi connectivity index (χ2v) is 9.45. The number of aromatic nitrogens is 3. The van der Waals surface area contributed by atoms with Crippen molar-refractivity contribution in [3.8, 4) is 11.4 Å². The van der Waals surface area contributed by atoms with E-state index in [4.69, 9.17) is 0 Å². The lowest BCUT2D eigenvalue weighted by molar-refractivity contribution is -0.115. The van der Waals surface area contributed by atoms with Crippen LogP contribution in [0.25, 0.3) is 16.7 Å². The average Bonchev–Trinajstić information content (AvgIpc) is 3.40. The Hall–Kier alpha value is -3.00. The molecule has 0 aliphatic rings. The first kappa shape index (κ1) is 21.2. The highest BCUT2D eigenvalue weighted by Gasteiger charge is 2.28. The highest BCUT2D eigenvalue weighted by atomic mass is 32.2. The highest BCUT2D eigenvalue weighted by Crippen LogP contribution is 2.36. The predicted molar refractivity (Wildman–Crippen MR) is 124 cm³/mol. The standard InChI is InChI=1S/C23H28N4O3S/c1-6-8-11-31(30)17-9-10-18-20(13-17)26-25(18)27(26)21-12-16(5)19(14-22(21)28)24(7-2)23(29)15(3)4/h9-10,12-14,28H,3,6-8,11H2,1-2,4-5H3. The number of phenolic OH excluding ortho intramolecular Hbond substituents is 1. The van der Waals surface area contributed by atoms with Crippen molar-refractivity contribution < 1.29 is 14.1 Å². The van der Waals surface area contributed by atoms with Crippen LogP contribution >= 0.6 is 0 Å². The van der Waals surface area contributed by atoms with Crippen LogP contribution in [0.15, 0.2) is 47.4 Å². The topological polar surface area (TPSA) is 71.4 Å². The zero-order valence-electron chi connectivity index (χ0n) is 18.4. The van der Waals surface area contributed by atoms with Gasteiger partial charge < -0.3 is 10.0 Å². The third-order valence-electron chi connectivity index (χ3n) is 5.56. The van der Waals surface area contributed by atoms with Crippen LogP contribution in [-0.4, -0.2) is 41.6 Å². The van der Waals surface area contributed by atoms with E-state index in [9.17, 15) is 14.1 Å². The third kappa shape index (κ3) is 3.44. The molecule has 2 aromatic heterocycles. The number of aryl methyl sites for hydroxylation is 1. The van der Waals surface area contributed by atoms with E-state index in [1.165, 1.54) is 0 Å². The maximum Gasteiger partial charge on any atom is 0.253 e. The van der Waals surface area contributed by atoms with Gasteiger partial charge in [-0.1, -0.05) is 19.9 Å². The number of likely N-dealkylation sites (N-methyl/N-ethyl adjacent to an activating group) is 1. The molecule has 7 nitrogen and oxygen atoms in total. The number of aromatic hydroxyl groups is 1. The minimum absolute atomic E-state index is 0.0839. The molecule has 31 heavy (non-hydrogen) atoms. The third-order valence-corrected chi connectivity index (χ3v) is 7.00. The van der Waals surface area contributed by atoms with Crippen molar-refractivity contribution in [3.05, 3.63) is 48.0 Å². The normalized spacial score (nSPS) is 12.8. The number of carbonyl (C=O) groups is 1. The number of unbranched alkanes of at least 4 members (excludes halogenated alkanes) is 1. The maximum absolute atomic E-state index is 12.5. The number of phenols is 1. The highest BCUT2D eigenvalue weighted by molar-refractivity contribution is 7.85. The van der Waals surface area contributed by atoms with Crippen molar-refractivity contribution in [2.75, 3.05) is 17.2 Å². The fraction of sp³-hybridized carbons (Fsp3) is 0.348. The molecule has 2 aromatic carbocycles. The van der Waals surface area contributed by atoms with E-state index in [1.807, 2.05) is 52.2 Å². The molecule has 0 fully saturated rings. The Morgan fingerprint density at radius 1 is 1.16 bits per heavy atom. The van der Waals surface area contributed by atoms with Crippen LogP contribution in [-0.2, 0) is 15.6 Å². The van der Waals surface area contributed by atoms with Crippen LogP contribution in [0.1, 0.15) is 39.2 Å². The van der Waals surface area contributed by atoms with Gasteiger partial charge in [0.1, 0.15) is 22.5 Å². The van der Waals surface area contributed by atoms with Crippen molar-refractivity contribution in [1.29, 1.82) is 0 Å². The molecule has 4 rings (SSSR count). The minimum Gasteiger partial charge on any atom is -0.506 e. The summed E-state index contributed by atoms with van der Waals surface area (Å²) < 4.78 is 16.4. The van der Waals surface area contributed by atoms with Gasteiger partial charge in [-0.05, 0) is 57.0 Å². The molecule has 0 saturated carbocycles. The Bertz CT molecular complexity index is 1310. The zero-order chi connectivity index (χ0) is 22.4. The van der Waals surface area contributed by atoms with E-state index >= 15 is 0 Å². The summed E-state index contributed by atoms with van der Waals surface area (Å²) in [6.45, 7) is 11.8. The quantitative estimate of drug-likeness (QED) is 0.416. The van der Waals surface area contributed by atoms with Gasteiger partial charge in [0.25, 0.3) is 5.91 Å². The molecule has 4 aromatic rings. The van der Waals surface area contributed by atoms with Crippen LogP contribution in [0.2, 0.25) is 0 Å². The van der Waals surface area contributed by atoms with Crippen LogP contribution < -0.4 is 4.90 Å². The van der Waals surface area contributed by atoms with Crippen molar-refractivity contribution >= 4 is 33.4 Å². The lowest BCUT2D eigenvalue weighted by Crippen LogP contribution is -2.31. The average molecular weight is 441 g/mol. The number of hydrogen-bond acceptors (Lipinski definition) is 3. The van der Waals surface area contributed by atoms with Gasteiger partial charge >= 0.3 is 0 Å². The van der Waals surface area contributed by atoms with Crippen molar-refractivity contribution in [2.45, 2.75) is 45.4 Å². The Labute approximate surface area is 183 Å². The van der Waals surface area contributed by atoms with Gasteiger partial charge in [0.2, 0.25) is 0 Å². The Balaban J connectivity index is 1.70. The molecular formula is C23H28N4O3S. The zero-order valence-corrected chi connectivity index (χ0v) is 19.2. The SMILES string of the molecule is C=C(C)C(=O)N(CC)c1cc(O)c(-n2n3c4ccc(S(=O)CCCC)cc4n23)cc1C. The first-order valence-electron chi connectivity index (χ1n) is 10.5. The van der Waals surface area contributed by atoms with E-state index in [0.29, 0.717) is 29.2 Å². The summed E-state index contributed by atoms with van der Waals surface area (Å²) in [5.74, 6) is 0.592. The summed E-state index contributed by atoms with van der Waals surface area (Å²) in [7, 11) is -1.00. The number of nitrogens with zero attached hydrogens (tertiary/aromatic N) is 4. The van der Waals surface area contributed by atoms with Crippen molar-refractivity contribution in [2.24, 2.45) is 0 Å².